The predicted molar refractivity (Wildman–Crippen MR) is 66.8 cm³/mol. The van der Waals surface area contributed by atoms with Gasteiger partial charge >= 0.3 is 0 Å². The van der Waals surface area contributed by atoms with Crippen LogP contribution in [-0.2, 0) is 17.8 Å². The minimum atomic E-state index is 0.312. The predicted octanol–water partition coefficient (Wildman–Crippen LogP) is 0.323. The number of hydrogen-bond acceptors (Lipinski definition) is 4. The summed E-state index contributed by atoms with van der Waals surface area (Å²) in [4.78, 5) is 2.29. The van der Waals surface area contributed by atoms with Gasteiger partial charge in [0.05, 0.1) is 18.4 Å². The maximum Gasteiger partial charge on any atom is 0.0826 e. The van der Waals surface area contributed by atoms with Crippen molar-refractivity contribution in [3.63, 3.8) is 0 Å². The number of likely N-dealkylation sites (N-methyl/N-ethyl adjacent to an activating group) is 1. The first-order chi connectivity index (χ1) is 8.29. The summed E-state index contributed by atoms with van der Waals surface area (Å²) in [6, 6.07) is 2.08. The van der Waals surface area contributed by atoms with E-state index in [2.05, 4.69) is 35.4 Å². The van der Waals surface area contributed by atoms with Crippen molar-refractivity contribution in [1.29, 1.82) is 0 Å². The SMILES string of the molecule is CCn1nccc1CN(C)CC1CNCCO1. The van der Waals surface area contributed by atoms with Crippen LogP contribution in [0.5, 0.6) is 0 Å². The Kier molecular flexibility index (Phi) is 4.53. The quantitative estimate of drug-likeness (QED) is 0.802. The molecule has 1 aliphatic rings. The van der Waals surface area contributed by atoms with Crippen LogP contribution in [0.1, 0.15) is 12.6 Å². The van der Waals surface area contributed by atoms with Gasteiger partial charge in [0, 0.05) is 38.9 Å². The van der Waals surface area contributed by atoms with Crippen LogP contribution in [0.3, 0.4) is 0 Å². The van der Waals surface area contributed by atoms with Crippen molar-refractivity contribution in [2.75, 3.05) is 33.3 Å². The first-order valence-corrected chi connectivity index (χ1v) is 6.31. The lowest BCUT2D eigenvalue weighted by atomic mass is 10.3. The van der Waals surface area contributed by atoms with Crippen LogP contribution in [0.25, 0.3) is 0 Å². The smallest absolute Gasteiger partial charge is 0.0826 e. The molecule has 0 bridgehead atoms. The number of nitrogens with zero attached hydrogens (tertiary/aromatic N) is 3. The van der Waals surface area contributed by atoms with Gasteiger partial charge in [-0.25, -0.2) is 0 Å². The Morgan fingerprint density at radius 1 is 1.65 bits per heavy atom. The van der Waals surface area contributed by atoms with Crippen molar-refractivity contribution in [3.05, 3.63) is 18.0 Å². The van der Waals surface area contributed by atoms with Gasteiger partial charge in [-0.3, -0.25) is 9.58 Å². The first kappa shape index (κ1) is 12.5. The molecule has 1 aromatic heterocycles. The van der Waals surface area contributed by atoms with Crippen molar-refractivity contribution < 1.29 is 4.74 Å². The van der Waals surface area contributed by atoms with E-state index in [1.54, 1.807) is 0 Å². The fourth-order valence-electron chi connectivity index (χ4n) is 2.20. The minimum Gasteiger partial charge on any atom is -0.374 e. The van der Waals surface area contributed by atoms with Gasteiger partial charge in [-0.1, -0.05) is 0 Å². The molecule has 0 spiro atoms. The number of aromatic nitrogens is 2. The second-order valence-corrected chi connectivity index (χ2v) is 4.53. The van der Waals surface area contributed by atoms with Crippen LogP contribution in [0.4, 0.5) is 0 Å². The largest absolute Gasteiger partial charge is 0.374 e. The Morgan fingerprint density at radius 3 is 3.24 bits per heavy atom. The van der Waals surface area contributed by atoms with Crippen molar-refractivity contribution in [2.24, 2.45) is 0 Å². The van der Waals surface area contributed by atoms with Crippen LogP contribution in [0.15, 0.2) is 12.3 Å². The number of aryl methyl sites for hydroxylation is 1. The summed E-state index contributed by atoms with van der Waals surface area (Å²) < 4.78 is 7.74. The molecular weight excluding hydrogens is 216 g/mol. The second-order valence-electron chi connectivity index (χ2n) is 4.53. The highest BCUT2D eigenvalue weighted by Gasteiger charge is 2.16. The van der Waals surface area contributed by atoms with Crippen molar-refractivity contribution in [3.8, 4) is 0 Å². The van der Waals surface area contributed by atoms with Crippen LogP contribution >= 0.6 is 0 Å². The van der Waals surface area contributed by atoms with Gasteiger partial charge in [-0.15, -0.1) is 0 Å². The minimum absolute atomic E-state index is 0.312. The summed E-state index contributed by atoms with van der Waals surface area (Å²) in [6.07, 6.45) is 2.18. The van der Waals surface area contributed by atoms with E-state index in [9.17, 15) is 0 Å². The van der Waals surface area contributed by atoms with E-state index in [0.717, 1.165) is 39.3 Å². The lowest BCUT2D eigenvalue weighted by Gasteiger charge is -2.28. The number of rotatable bonds is 5. The molecule has 1 aliphatic heterocycles. The van der Waals surface area contributed by atoms with E-state index in [4.69, 9.17) is 4.74 Å². The Hall–Kier alpha value is -0.910. The first-order valence-electron chi connectivity index (χ1n) is 6.31. The monoisotopic (exact) mass is 238 g/mol. The molecule has 0 saturated carbocycles. The van der Waals surface area contributed by atoms with Gasteiger partial charge < -0.3 is 10.1 Å². The van der Waals surface area contributed by atoms with E-state index in [-0.39, 0.29) is 0 Å². The molecule has 0 aliphatic carbocycles. The average molecular weight is 238 g/mol. The summed E-state index contributed by atoms with van der Waals surface area (Å²) in [5.74, 6) is 0. The van der Waals surface area contributed by atoms with E-state index in [0.29, 0.717) is 6.10 Å². The molecule has 0 amide bonds. The van der Waals surface area contributed by atoms with E-state index < -0.39 is 0 Å². The highest BCUT2D eigenvalue weighted by molar-refractivity contribution is 5.00. The molecule has 17 heavy (non-hydrogen) atoms. The Balaban J connectivity index is 1.82. The second kappa shape index (κ2) is 6.14. The Morgan fingerprint density at radius 2 is 2.53 bits per heavy atom. The molecule has 1 unspecified atom stereocenters. The summed E-state index contributed by atoms with van der Waals surface area (Å²) in [6.45, 7) is 7.68. The fraction of sp³-hybridized carbons (Fsp3) is 0.750. The third-order valence-electron chi connectivity index (χ3n) is 3.06. The summed E-state index contributed by atoms with van der Waals surface area (Å²) >= 11 is 0. The zero-order valence-corrected chi connectivity index (χ0v) is 10.7. The zero-order chi connectivity index (χ0) is 12.1. The molecule has 1 N–H and O–H groups in total. The maximum absolute atomic E-state index is 5.70. The van der Waals surface area contributed by atoms with Gasteiger partial charge in [0.2, 0.25) is 0 Å². The van der Waals surface area contributed by atoms with Gasteiger partial charge in [0.25, 0.3) is 0 Å². The summed E-state index contributed by atoms with van der Waals surface area (Å²) in [5.41, 5.74) is 1.26. The molecule has 96 valence electrons. The van der Waals surface area contributed by atoms with Crippen molar-refractivity contribution in [2.45, 2.75) is 26.1 Å². The van der Waals surface area contributed by atoms with E-state index >= 15 is 0 Å². The highest BCUT2D eigenvalue weighted by Crippen LogP contribution is 2.05. The Bertz CT molecular complexity index is 333. The molecule has 1 atom stereocenters. The maximum atomic E-state index is 5.70. The van der Waals surface area contributed by atoms with Crippen LogP contribution in [0.2, 0.25) is 0 Å². The molecule has 2 rings (SSSR count). The number of nitrogens with one attached hydrogen (secondary N) is 1. The standard InChI is InChI=1S/C12H22N4O/c1-3-16-11(4-5-14-16)9-15(2)10-12-8-13-6-7-17-12/h4-5,12-13H,3,6-10H2,1-2H3. The third kappa shape index (κ3) is 3.52. The number of morpholine rings is 1. The van der Waals surface area contributed by atoms with Gasteiger partial charge in [-0.2, -0.15) is 5.10 Å². The molecule has 0 aromatic carbocycles. The molecule has 1 aromatic rings. The van der Waals surface area contributed by atoms with Gasteiger partial charge in [-0.05, 0) is 20.0 Å². The molecule has 5 heteroatoms. The normalized spacial score (nSPS) is 21.0. The highest BCUT2D eigenvalue weighted by atomic mass is 16.5. The fourth-order valence-corrected chi connectivity index (χ4v) is 2.20. The third-order valence-corrected chi connectivity index (χ3v) is 3.06. The van der Waals surface area contributed by atoms with Crippen LogP contribution in [-0.4, -0.2) is 54.1 Å². The molecule has 5 nitrogen and oxygen atoms in total. The van der Waals surface area contributed by atoms with Gasteiger partial charge in [0.15, 0.2) is 0 Å². The topological polar surface area (TPSA) is 42.3 Å². The van der Waals surface area contributed by atoms with Crippen LogP contribution in [0, 0.1) is 0 Å². The molecular formula is C12H22N4O. The van der Waals surface area contributed by atoms with Crippen LogP contribution < -0.4 is 5.32 Å². The molecule has 2 heterocycles. The average Bonchev–Trinajstić information content (AvgIpc) is 2.77. The number of ether oxygens (including phenoxy) is 1. The molecule has 1 saturated heterocycles. The molecule has 0 radical (unpaired) electrons. The van der Waals surface area contributed by atoms with Crippen molar-refractivity contribution >= 4 is 0 Å². The number of hydrogen-bond donors (Lipinski definition) is 1. The van der Waals surface area contributed by atoms with Crippen molar-refractivity contribution in [1.82, 2.24) is 20.0 Å². The van der Waals surface area contributed by atoms with E-state index in [1.807, 2.05) is 10.9 Å². The van der Waals surface area contributed by atoms with E-state index in [1.165, 1.54) is 5.69 Å². The summed E-state index contributed by atoms with van der Waals surface area (Å²) in [7, 11) is 2.13. The Labute approximate surface area is 103 Å². The van der Waals surface area contributed by atoms with Gasteiger partial charge in [0.1, 0.15) is 0 Å². The lowest BCUT2D eigenvalue weighted by Crippen LogP contribution is -2.44. The lowest BCUT2D eigenvalue weighted by molar-refractivity contribution is 0.00849. The zero-order valence-electron chi connectivity index (χ0n) is 10.7. The molecule has 1 fully saturated rings. The summed E-state index contributed by atoms with van der Waals surface area (Å²) in [5, 5.41) is 7.63.